The van der Waals surface area contributed by atoms with Crippen LogP contribution in [0.4, 0.5) is 4.39 Å². The SMILES string of the molecule is Cc1cc(F)ccc1S(=O)(=O)N[C@H](C)CCc1ccccc1. The predicted molar refractivity (Wildman–Crippen MR) is 85.7 cm³/mol. The van der Waals surface area contributed by atoms with Crippen molar-refractivity contribution in [2.75, 3.05) is 0 Å². The molecule has 0 unspecified atom stereocenters. The standard InChI is InChI=1S/C17H20FNO2S/c1-13-12-16(18)10-11-17(13)22(20,21)19-14(2)8-9-15-6-4-3-5-7-15/h3-7,10-12,14,19H,8-9H2,1-2H3/t14-/m1/s1. The Hall–Kier alpha value is -1.72. The molecule has 1 N–H and O–H groups in total. The highest BCUT2D eigenvalue weighted by molar-refractivity contribution is 7.89. The first-order valence-corrected chi connectivity index (χ1v) is 8.69. The number of halogens is 1. The lowest BCUT2D eigenvalue weighted by atomic mass is 10.1. The van der Waals surface area contributed by atoms with E-state index in [1.807, 2.05) is 37.3 Å². The first-order valence-electron chi connectivity index (χ1n) is 7.21. The molecule has 0 aliphatic heterocycles. The normalized spacial score (nSPS) is 13.0. The van der Waals surface area contributed by atoms with Gasteiger partial charge in [-0.15, -0.1) is 0 Å². The molecule has 0 bridgehead atoms. The lowest BCUT2D eigenvalue weighted by Gasteiger charge is -2.15. The zero-order valence-electron chi connectivity index (χ0n) is 12.7. The highest BCUT2D eigenvalue weighted by atomic mass is 32.2. The highest BCUT2D eigenvalue weighted by Crippen LogP contribution is 2.17. The second-order valence-corrected chi connectivity index (χ2v) is 7.14. The van der Waals surface area contributed by atoms with Crippen molar-refractivity contribution in [3.8, 4) is 0 Å². The summed E-state index contributed by atoms with van der Waals surface area (Å²) in [5, 5.41) is 0. The Kier molecular flexibility index (Phi) is 5.32. The van der Waals surface area contributed by atoms with E-state index in [1.54, 1.807) is 6.92 Å². The van der Waals surface area contributed by atoms with Crippen molar-refractivity contribution in [3.63, 3.8) is 0 Å². The Balaban J connectivity index is 2.02. The topological polar surface area (TPSA) is 46.2 Å². The second kappa shape index (κ2) is 7.03. The van der Waals surface area contributed by atoms with Gasteiger partial charge in [-0.3, -0.25) is 0 Å². The molecule has 2 aromatic carbocycles. The van der Waals surface area contributed by atoms with E-state index in [0.29, 0.717) is 12.0 Å². The maximum Gasteiger partial charge on any atom is 0.241 e. The summed E-state index contributed by atoms with van der Waals surface area (Å²) in [6.45, 7) is 3.42. The van der Waals surface area contributed by atoms with Crippen molar-refractivity contribution >= 4 is 10.0 Å². The first kappa shape index (κ1) is 16.6. The maximum atomic E-state index is 13.1. The van der Waals surface area contributed by atoms with Gasteiger partial charge in [0.05, 0.1) is 4.90 Å². The third-order valence-electron chi connectivity index (χ3n) is 3.49. The Morgan fingerprint density at radius 1 is 1.14 bits per heavy atom. The molecular formula is C17H20FNO2S. The third-order valence-corrected chi connectivity index (χ3v) is 5.24. The zero-order valence-corrected chi connectivity index (χ0v) is 13.5. The molecule has 2 aromatic rings. The Morgan fingerprint density at radius 3 is 2.45 bits per heavy atom. The van der Waals surface area contributed by atoms with Gasteiger partial charge in [-0.1, -0.05) is 30.3 Å². The van der Waals surface area contributed by atoms with Gasteiger partial charge in [-0.25, -0.2) is 17.5 Å². The molecule has 0 aliphatic rings. The van der Waals surface area contributed by atoms with Gasteiger partial charge in [-0.2, -0.15) is 0 Å². The molecule has 22 heavy (non-hydrogen) atoms. The Labute approximate surface area is 131 Å². The molecule has 0 saturated carbocycles. The maximum absolute atomic E-state index is 13.1. The minimum Gasteiger partial charge on any atom is -0.208 e. The molecule has 0 fully saturated rings. The number of sulfonamides is 1. The van der Waals surface area contributed by atoms with Crippen LogP contribution in [0.1, 0.15) is 24.5 Å². The van der Waals surface area contributed by atoms with E-state index in [-0.39, 0.29) is 10.9 Å². The van der Waals surface area contributed by atoms with Gasteiger partial charge in [0.1, 0.15) is 5.82 Å². The molecule has 0 radical (unpaired) electrons. The van der Waals surface area contributed by atoms with Crippen molar-refractivity contribution in [2.24, 2.45) is 0 Å². The summed E-state index contributed by atoms with van der Waals surface area (Å²) in [4.78, 5) is 0.125. The summed E-state index contributed by atoms with van der Waals surface area (Å²) in [5.41, 5.74) is 1.58. The van der Waals surface area contributed by atoms with E-state index in [2.05, 4.69) is 4.72 Å². The van der Waals surface area contributed by atoms with Crippen LogP contribution in [0.3, 0.4) is 0 Å². The van der Waals surface area contributed by atoms with Crippen LogP contribution in [0.2, 0.25) is 0 Å². The molecule has 0 heterocycles. The van der Waals surface area contributed by atoms with E-state index < -0.39 is 15.8 Å². The van der Waals surface area contributed by atoms with Crippen molar-refractivity contribution < 1.29 is 12.8 Å². The highest BCUT2D eigenvalue weighted by Gasteiger charge is 2.19. The lowest BCUT2D eigenvalue weighted by molar-refractivity contribution is 0.546. The van der Waals surface area contributed by atoms with Crippen molar-refractivity contribution in [1.82, 2.24) is 4.72 Å². The van der Waals surface area contributed by atoms with E-state index in [9.17, 15) is 12.8 Å². The molecule has 5 heteroatoms. The molecule has 0 amide bonds. The summed E-state index contributed by atoms with van der Waals surface area (Å²) < 4.78 is 40.4. The summed E-state index contributed by atoms with van der Waals surface area (Å²) in [6.07, 6.45) is 1.50. The monoisotopic (exact) mass is 321 g/mol. The molecular weight excluding hydrogens is 301 g/mol. The van der Waals surface area contributed by atoms with E-state index >= 15 is 0 Å². The molecule has 118 valence electrons. The molecule has 0 aromatic heterocycles. The quantitative estimate of drug-likeness (QED) is 0.886. The van der Waals surface area contributed by atoms with Crippen LogP contribution >= 0.6 is 0 Å². The van der Waals surface area contributed by atoms with Crippen LogP contribution in [-0.4, -0.2) is 14.5 Å². The summed E-state index contributed by atoms with van der Waals surface area (Å²) in [5.74, 6) is -0.437. The summed E-state index contributed by atoms with van der Waals surface area (Å²) >= 11 is 0. The van der Waals surface area contributed by atoms with Crippen LogP contribution in [0.25, 0.3) is 0 Å². The van der Waals surface area contributed by atoms with Crippen molar-refractivity contribution in [1.29, 1.82) is 0 Å². The van der Waals surface area contributed by atoms with Crippen molar-refractivity contribution in [3.05, 3.63) is 65.5 Å². The van der Waals surface area contributed by atoms with Crippen LogP contribution in [0.5, 0.6) is 0 Å². The third kappa shape index (κ3) is 4.39. The average Bonchev–Trinajstić information content (AvgIpc) is 2.45. The molecule has 2 rings (SSSR count). The van der Waals surface area contributed by atoms with Gasteiger partial charge in [0.2, 0.25) is 10.0 Å². The fraction of sp³-hybridized carbons (Fsp3) is 0.294. The fourth-order valence-corrected chi connectivity index (χ4v) is 3.83. The predicted octanol–water partition coefficient (Wildman–Crippen LogP) is 3.43. The minimum atomic E-state index is -3.63. The zero-order chi connectivity index (χ0) is 16.2. The van der Waals surface area contributed by atoms with Gasteiger partial charge in [0.15, 0.2) is 0 Å². The van der Waals surface area contributed by atoms with Crippen LogP contribution in [-0.2, 0) is 16.4 Å². The molecule has 1 atom stereocenters. The number of hydrogen-bond acceptors (Lipinski definition) is 2. The van der Waals surface area contributed by atoms with Gasteiger partial charge in [-0.05, 0) is 56.0 Å². The number of rotatable bonds is 6. The molecule has 3 nitrogen and oxygen atoms in total. The molecule has 0 aliphatic carbocycles. The fourth-order valence-electron chi connectivity index (χ4n) is 2.33. The van der Waals surface area contributed by atoms with Crippen molar-refractivity contribution in [2.45, 2.75) is 37.6 Å². The van der Waals surface area contributed by atoms with Gasteiger partial charge in [0.25, 0.3) is 0 Å². The minimum absolute atomic E-state index is 0.125. The van der Waals surface area contributed by atoms with Gasteiger partial charge in [0, 0.05) is 6.04 Å². The number of nitrogens with one attached hydrogen (secondary N) is 1. The number of hydrogen-bond donors (Lipinski definition) is 1. The molecule has 0 spiro atoms. The summed E-state index contributed by atoms with van der Waals surface area (Å²) in [6, 6.07) is 13.4. The van der Waals surface area contributed by atoms with Gasteiger partial charge < -0.3 is 0 Å². The first-order chi connectivity index (χ1) is 10.4. The number of aryl methyl sites for hydroxylation is 2. The van der Waals surface area contributed by atoms with E-state index in [4.69, 9.17) is 0 Å². The Bertz CT molecular complexity index is 730. The number of benzene rings is 2. The average molecular weight is 321 g/mol. The summed E-state index contributed by atoms with van der Waals surface area (Å²) in [7, 11) is -3.63. The smallest absolute Gasteiger partial charge is 0.208 e. The second-order valence-electron chi connectivity index (χ2n) is 5.46. The largest absolute Gasteiger partial charge is 0.241 e. The van der Waals surface area contributed by atoms with Crippen LogP contribution in [0.15, 0.2) is 53.4 Å². The van der Waals surface area contributed by atoms with Crippen LogP contribution < -0.4 is 4.72 Å². The van der Waals surface area contributed by atoms with E-state index in [1.165, 1.54) is 17.7 Å². The Morgan fingerprint density at radius 2 is 1.82 bits per heavy atom. The lowest BCUT2D eigenvalue weighted by Crippen LogP contribution is -2.33. The molecule has 0 saturated heterocycles. The van der Waals surface area contributed by atoms with Gasteiger partial charge >= 0.3 is 0 Å². The van der Waals surface area contributed by atoms with Crippen LogP contribution in [0, 0.1) is 12.7 Å². The van der Waals surface area contributed by atoms with E-state index in [0.717, 1.165) is 12.5 Å².